The molecular formula is C9H11F2NO. The van der Waals surface area contributed by atoms with Gasteiger partial charge in [0, 0.05) is 17.2 Å². The quantitative estimate of drug-likeness (QED) is 0.704. The summed E-state index contributed by atoms with van der Waals surface area (Å²) in [4.78, 5) is 0. The number of aromatic hydroxyl groups is 1. The molecule has 1 aromatic carbocycles. The number of rotatable bonds is 1. The second-order valence-corrected chi connectivity index (χ2v) is 3.51. The second kappa shape index (κ2) is 2.96. The van der Waals surface area contributed by atoms with Crippen LogP contribution in [0.4, 0.5) is 8.78 Å². The lowest BCUT2D eigenvalue weighted by atomic mass is 9.94. The molecular weight excluding hydrogens is 176 g/mol. The molecule has 0 heterocycles. The van der Waals surface area contributed by atoms with Gasteiger partial charge in [0.2, 0.25) is 0 Å². The van der Waals surface area contributed by atoms with E-state index < -0.39 is 22.9 Å². The molecule has 0 spiro atoms. The molecule has 0 unspecified atom stereocenters. The molecule has 0 atom stereocenters. The van der Waals surface area contributed by atoms with Crippen molar-refractivity contribution in [2.75, 3.05) is 0 Å². The summed E-state index contributed by atoms with van der Waals surface area (Å²) in [5, 5.41) is 9.24. The highest BCUT2D eigenvalue weighted by Gasteiger charge is 2.21. The van der Waals surface area contributed by atoms with Crippen LogP contribution in [0.3, 0.4) is 0 Å². The maximum atomic E-state index is 12.8. The highest BCUT2D eigenvalue weighted by molar-refractivity contribution is 5.38. The van der Waals surface area contributed by atoms with Gasteiger partial charge in [-0.15, -0.1) is 0 Å². The van der Waals surface area contributed by atoms with Crippen molar-refractivity contribution in [3.05, 3.63) is 29.3 Å². The molecule has 0 saturated heterocycles. The van der Waals surface area contributed by atoms with Gasteiger partial charge in [-0.2, -0.15) is 0 Å². The average Bonchev–Trinajstić information content (AvgIpc) is 1.94. The van der Waals surface area contributed by atoms with E-state index in [4.69, 9.17) is 5.73 Å². The van der Waals surface area contributed by atoms with E-state index in [9.17, 15) is 13.9 Å². The van der Waals surface area contributed by atoms with E-state index in [0.29, 0.717) is 6.07 Å². The molecule has 0 aliphatic carbocycles. The van der Waals surface area contributed by atoms with Crippen molar-refractivity contribution in [3.8, 4) is 5.75 Å². The molecule has 4 heteroatoms. The molecule has 0 amide bonds. The fourth-order valence-corrected chi connectivity index (χ4v) is 1.06. The summed E-state index contributed by atoms with van der Waals surface area (Å²) in [6.45, 7) is 3.11. The minimum atomic E-state index is -0.992. The van der Waals surface area contributed by atoms with Crippen LogP contribution in [0.15, 0.2) is 12.1 Å². The van der Waals surface area contributed by atoms with E-state index in [1.165, 1.54) is 0 Å². The maximum Gasteiger partial charge on any atom is 0.168 e. The number of phenolic OH excluding ortho intramolecular Hbond substituents is 1. The fourth-order valence-electron chi connectivity index (χ4n) is 1.06. The van der Waals surface area contributed by atoms with Gasteiger partial charge in [0.05, 0.1) is 0 Å². The Morgan fingerprint density at radius 3 is 2.31 bits per heavy atom. The van der Waals surface area contributed by atoms with Crippen LogP contribution in [0.1, 0.15) is 19.4 Å². The molecule has 13 heavy (non-hydrogen) atoms. The van der Waals surface area contributed by atoms with Crippen LogP contribution in [0.5, 0.6) is 5.75 Å². The van der Waals surface area contributed by atoms with Gasteiger partial charge in [-0.1, -0.05) is 0 Å². The topological polar surface area (TPSA) is 46.2 Å². The third kappa shape index (κ3) is 1.95. The molecule has 1 rings (SSSR count). The average molecular weight is 187 g/mol. The molecule has 1 aromatic rings. The number of hydrogen-bond donors (Lipinski definition) is 2. The Kier molecular flexibility index (Phi) is 2.26. The van der Waals surface area contributed by atoms with Gasteiger partial charge in [0.1, 0.15) is 5.82 Å². The van der Waals surface area contributed by atoms with Crippen molar-refractivity contribution in [2.45, 2.75) is 19.4 Å². The lowest BCUT2D eigenvalue weighted by Gasteiger charge is -2.20. The van der Waals surface area contributed by atoms with Crippen molar-refractivity contribution in [1.82, 2.24) is 0 Å². The van der Waals surface area contributed by atoms with Crippen LogP contribution >= 0.6 is 0 Å². The smallest absolute Gasteiger partial charge is 0.168 e. The van der Waals surface area contributed by atoms with Gasteiger partial charge in [-0.3, -0.25) is 0 Å². The van der Waals surface area contributed by atoms with E-state index >= 15 is 0 Å². The Balaban J connectivity index is 3.37. The van der Waals surface area contributed by atoms with Crippen LogP contribution in [0.25, 0.3) is 0 Å². The normalized spacial score (nSPS) is 11.8. The van der Waals surface area contributed by atoms with Gasteiger partial charge < -0.3 is 10.8 Å². The number of benzene rings is 1. The highest BCUT2D eigenvalue weighted by Crippen LogP contribution is 2.29. The first-order valence-electron chi connectivity index (χ1n) is 3.79. The summed E-state index contributed by atoms with van der Waals surface area (Å²) in [5.74, 6) is -2.33. The largest absolute Gasteiger partial charge is 0.505 e. The Morgan fingerprint density at radius 2 is 1.85 bits per heavy atom. The van der Waals surface area contributed by atoms with Crippen LogP contribution in [0.2, 0.25) is 0 Å². The first kappa shape index (κ1) is 9.92. The van der Waals surface area contributed by atoms with E-state index in [0.717, 1.165) is 6.07 Å². The Hall–Kier alpha value is -1.16. The van der Waals surface area contributed by atoms with Crippen molar-refractivity contribution in [2.24, 2.45) is 5.73 Å². The maximum absolute atomic E-state index is 12.8. The first-order valence-corrected chi connectivity index (χ1v) is 3.79. The zero-order valence-electron chi connectivity index (χ0n) is 7.44. The number of phenols is 1. The van der Waals surface area contributed by atoms with Gasteiger partial charge in [0.15, 0.2) is 11.6 Å². The molecule has 0 fully saturated rings. The number of nitrogens with two attached hydrogens (primary N) is 1. The third-order valence-corrected chi connectivity index (χ3v) is 1.72. The molecule has 0 saturated carbocycles. The summed E-state index contributed by atoms with van der Waals surface area (Å²) in [6, 6.07) is 1.64. The predicted molar refractivity (Wildman–Crippen MR) is 45.2 cm³/mol. The Bertz CT molecular complexity index is 331. The van der Waals surface area contributed by atoms with Crippen molar-refractivity contribution in [1.29, 1.82) is 0 Å². The van der Waals surface area contributed by atoms with E-state index in [-0.39, 0.29) is 5.56 Å². The van der Waals surface area contributed by atoms with Crippen molar-refractivity contribution < 1.29 is 13.9 Å². The zero-order chi connectivity index (χ0) is 10.2. The predicted octanol–water partition coefficient (Wildman–Crippen LogP) is 1.86. The summed E-state index contributed by atoms with van der Waals surface area (Å²) in [5.41, 5.74) is 4.70. The SMILES string of the molecule is CC(C)(N)c1cc(F)cc(F)c1O. The monoisotopic (exact) mass is 187 g/mol. The summed E-state index contributed by atoms with van der Waals surface area (Å²) >= 11 is 0. The highest BCUT2D eigenvalue weighted by atomic mass is 19.1. The van der Waals surface area contributed by atoms with Gasteiger partial charge in [0.25, 0.3) is 0 Å². The molecule has 0 aliphatic heterocycles. The molecule has 0 aliphatic rings. The second-order valence-electron chi connectivity index (χ2n) is 3.51. The minimum absolute atomic E-state index is 0.0602. The number of hydrogen-bond acceptors (Lipinski definition) is 2. The minimum Gasteiger partial charge on any atom is -0.505 e. The summed E-state index contributed by atoms with van der Waals surface area (Å²) in [6.07, 6.45) is 0. The standard InChI is InChI=1S/C9H11F2NO/c1-9(2,12)6-3-5(10)4-7(11)8(6)13/h3-4,13H,12H2,1-2H3. The summed E-state index contributed by atoms with van der Waals surface area (Å²) < 4.78 is 25.6. The van der Waals surface area contributed by atoms with Crippen LogP contribution in [-0.4, -0.2) is 5.11 Å². The van der Waals surface area contributed by atoms with Crippen molar-refractivity contribution in [3.63, 3.8) is 0 Å². The van der Waals surface area contributed by atoms with Crippen LogP contribution in [0, 0.1) is 11.6 Å². The van der Waals surface area contributed by atoms with E-state index in [2.05, 4.69) is 0 Å². The van der Waals surface area contributed by atoms with Gasteiger partial charge in [-0.05, 0) is 19.9 Å². The van der Waals surface area contributed by atoms with E-state index in [1.807, 2.05) is 0 Å². The molecule has 0 radical (unpaired) electrons. The summed E-state index contributed by atoms with van der Waals surface area (Å²) in [7, 11) is 0. The lowest BCUT2D eigenvalue weighted by Crippen LogP contribution is -2.29. The first-order chi connectivity index (χ1) is 5.82. The third-order valence-electron chi connectivity index (χ3n) is 1.72. The van der Waals surface area contributed by atoms with Crippen molar-refractivity contribution >= 4 is 0 Å². The van der Waals surface area contributed by atoms with E-state index in [1.54, 1.807) is 13.8 Å². The molecule has 3 N–H and O–H groups in total. The molecule has 0 aromatic heterocycles. The Labute approximate surface area is 75.0 Å². The van der Waals surface area contributed by atoms with Gasteiger partial charge >= 0.3 is 0 Å². The van der Waals surface area contributed by atoms with Crippen LogP contribution < -0.4 is 5.73 Å². The fraction of sp³-hybridized carbons (Fsp3) is 0.333. The molecule has 0 bridgehead atoms. The van der Waals surface area contributed by atoms with Crippen LogP contribution in [-0.2, 0) is 5.54 Å². The molecule has 72 valence electrons. The molecule has 2 nitrogen and oxygen atoms in total. The lowest BCUT2D eigenvalue weighted by molar-refractivity contribution is 0.400. The zero-order valence-corrected chi connectivity index (χ0v) is 7.44. The Morgan fingerprint density at radius 1 is 1.31 bits per heavy atom. The number of halogens is 2. The van der Waals surface area contributed by atoms with Gasteiger partial charge in [-0.25, -0.2) is 8.78 Å².